The molecule has 1 aromatic carbocycles. The first-order valence-corrected chi connectivity index (χ1v) is 11.7. The number of hydrogen-bond donors (Lipinski definition) is 8. The van der Waals surface area contributed by atoms with E-state index in [1.54, 1.807) is 30.3 Å². The summed E-state index contributed by atoms with van der Waals surface area (Å²) in [5.74, 6) is -4.32. The maximum Gasteiger partial charge on any atom is 0.326 e. The van der Waals surface area contributed by atoms with E-state index in [0.717, 1.165) is 0 Å². The maximum absolute atomic E-state index is 13.0. The van der Waals surface area contributed by atoms with Gasteiger partial charge in [0.1, 0.15) is 18.1 Å². The zero-order valence-electron chi connectivity index (χ0n) is 19.3. The number of amides is 4. The molecule has 0 radical (unpaired) electrons. The van der Waals surface area contributed by atoms with Crippen molar-refractivity contribution in [3.63, 3.8) is 0 Å². The summed E-state index contributed by atoms with van der Waals surface area (Å²) in [6.45, 7) is 0.396. The van der Waals surface area contributed by atoms with Crippen LogP contribution in [0, 0.1) is 0 Å². The molecule has 0 bridgehead atoms. The molecular weight excluding hydrogens is 476 g/mol. The first kappa shape index (κ1) is 29.9. The molecule has 4 amide bonds. The molecule has 0 spiro atoms. The molecule has 4 atom stereocenters. The van der Waals surface area contributed by atoms with Crippen LogP contribution in [-0.4, -0.2) is 71.2 Å². The first-order valence-electron chi connectivity index (χ1n) is 11.1. The largest absolute Gasteiger partial charge is 0.480 e. The molecule has 0 aliphatic heterocycles. The Morgan fingerprint density at radius 3 is 2.00 bits per heavy atom. The second-order valence-corrected chi connectivity index (χ2v) is 8.32. The van der Waals surface area contributed by atoms with Crippen molar-refractivity contribution in [3.8, 4) is 0 Å². The molecule has 0 aliphatic rings. The summed E-state index contributed by atoms with van der Waals surface area (Å²) >= 11 is 4.10. The van der Waals surface area contributed by atoms with E-state index in [9.17, 15) is 29.1 Å². The minimum Gasteiger partial charge on any atom is -0.480 e. The Hall–Kier alpha value is -3.16. The topological polar surface area (TPSA) is 220 Å². The van der Waals surface area contributed by atoms with Gasteiger partial charge in [0.2, 0.25) is 23.6 Å². The van der Waals surface area contributed by atoms with E-state index in [-0.39, 0.29) is 18.6 Å². The number of carboxylic acids is 1. The highest BCUT2D eigenvalue weighted by molar-refractivity contribution is 7.80. The summed E-state index contributed by atoms with van der Waals surface area (Å²) in [4.78, 5) is 60.7. The molecule has 0 aromatic heterocycles. The van der Waals surface area contributed by atoms with Gasteiger partial charge in [-0.2, -0.15) is 12.6 Å². The van der Waals surface area contributed by atoms with E-state index < -0.39 is 60.2 Å². The van der Waals surface area contributed by atoms with Crippen LogP contribution in [0.2, 0.25) is 0 Å². The zero-order valence-corrected chi connectivity index (χ0v) is 20.2. The van der Waals surface area contributed by atoms with Crippen LogP contribution in [0.4, 0.5) is 0 Å². The SMILES string of the molecule is NCCCCC(NC(=O)C(CS)NC(=O)C(Cc1ccccc1)NC(=O)C(N)CC(N)=O)C(=O)O. The molecular formula is C22H34N6O6S. The number of primary amides is 1. The van der Waals surface area contributed by atoms with Crippen LogP contribution in [-0.2, 0) is 30.4 Å². The molecule has 194 valence electrons. The minimum atomic E-state index is -1.26. The van der Waals surface area contributed by atoms with E-state index in [4.69, 9.17) is 17.2 Å². The molecule has 10 N–H and O–H groups in total. The molecule has 35 heavy (non-hydrogen) atoms. The summed E-state index contributed by atoms with van der Waals surface area (Å²) in [6.07, 6.45) is 0.941. The number of aliphatic carboxylic acids is 1. The zero-order chi connectivity index (χ0) is 26.4. The van der Waals surface area contributed by atoms with Gasteiger partial charge in [0.15, 0.2) is 0 Å². The van der Waals surface area contributed by atoms with E-state index in [0.29, 0.717) is 24.9 Å². The highest BCUT2D eigenvalue weighted by Crippen LogP contribution is 2.06. The van der Waals surface area contributed by atoms with E-state index in [1.165, 1.54) is 0 Å². The van der Waals surface area contributed by atoms with E-state index in [1.807, 2.05) is 0 Å². The smallest absolute Gasteiger partial charge is 0.326 e. The third-order valence-electron chi connectivity index (χ3n) is 5.05. The van der Waals surface area contributed by atoms with Crippen LogP contribution >= 0.6 is 12.6 Å². The average molecular weight is 511 g/mol. The van der Waals surface area contributed by atoms with Gasteiger partial charge in [-0.3, -0.25) is 19.2 Å². The second kappa shape index (κ2) is 15.7. The molecule has 0 aliphatic carbocycles. The second-order valence-electron chi connectivity index (χ2n) is 7.96. The van der Waals surface area contributed by atoms with Crippen molar-refractivity contribution < 1.29 is 29.1 Å². The van der Waals surface area contributed by atoms with Crippen LogP contribution < -0.4 is 33.2 Å². The van der Waals surface area contributed by atoms with Crippen molar-refractivity contribution in [2.45, 2.75) is 56.3 Å². The van der Waals surface area contributed by atoms with Gasteiger partial charge in [-0.25, -0.2) is 4.79 Å². The third-order valence-corrected chi connectivity index (χ3v) is 5.42. The van der Waals surface area contributed by atoms with Crippen LogP contribution in [0.25, 0.3) is 0 Å². The quantitative estimate of drug-likeness (QED) is 0.0918. The standard InChI is InChI=1S/C22H34N6O6S/c23-9-5-4-8-15(22(33)34)26-21(32)17(12-35)28-20(31)16(10-13-6-2-1-3-7-13)27-19(30)14(24)11-18(25)29/h1-3,6-7,14-17,35H,4-5,8-12,23-24H2,(H2,25,29)(H,26,32)(H,27,30)(H,28,31)(H,33,34). The summed E-state index contributed by atoms with van der Waals surface area (Å²) in [5.41, 5.74) is 16.9. The van der Waals surface area contributed by atoms with Crippen molar-refractivity contribution in [1.29, 1.82) is 0 Å². The number of thiol groups is 1. The number of nitrogens with two attached hydrogens (primary N) is 3. The minimum absolute atomic E-state index is 0.0689. The Bertz CT molecular complexity index is 871. The lowest BCUT2D eigenvalue weighted by molar-refractivity contribution is -0.142. The number of rotatable bonds is 16. The predicted molar refractivity (Wildman–Crippen MR) is 132 cm³/mol. The third kappa shape index (κ3) is 11.2. The Kier molecular flexibility index (Phi) is 13.4. The molecule has 1 aromatic rings. The Balaban J connectivity index is 2.94. The summed E-state index contributed by atoms with van der Waals surface area (Å²) in [6, 6.07) is 4.07. The highest BCUT2D eigenvalue weighted by Gasteiger charge is 2.30. The highest BCUT2D eigenvalue weighted by atomic mass is 32.1. The predicted octanol–water partition coefficient (Wildman–Crippen LogP) is -1.97. The summed E-state index contributed by atoms with van der Waals surface area (Å²) in [5, 5.41) is 16.8. The molecule has 0 heterocycles. The van der Waals surface area contributed by atoms with Crippen LogP contribution in [0.15, 0.2) is 30.3 Å². The van der Waals surface area contributed by atoms with E-state index in [2.05, 4.69) is 28.6 Å². The van der Waals surface area contributed by atoms with Gasteiger partial charge in [0, 0.05) is 12.2 Å². The van der Waals surface area contributed by atoms with Gasteiger partial charge >= 0.3 is 5.97 Å². The van der Waals surface area contributed by atoms with Crippen molar-refractivity contribution in [3.05, 3.63) is 35.9 Å². The lowest BCUT2D eigenvalue weighted by Gasteiger charge is -2.24. The molecule has 4 unspecified atom stereocenters. The fraction of sp³-hybridized carbons (Fsp3) is 0.500. The average Bonchev–Trinajstić information content (AvgIpc) is 2.81. The Morgan fingerprint density at radius 1 is 0.886 bits per heavy atom. The van der Waals surface area contributed by atoms with Crippen LogP contribution in [0.5, 0.6) is 0 Å². The lowest BCUT2D eigenvalue weighted by Crippen LogP contribution is -2.58. The number of carbonyl (C=O) groups is 5. The lowest BCUT2D eigenvalue weighted by atomic mass is 10.0. The Labute approximate surface area is 209 Å². The van der Waals surface area contributed by atoms with Gasteiger partial charge < -0.3 is 38.3 Å². The number of benzene rings is 1. The molecule has 1 rings (SSSR count). The van der Waals surface area contributed by atoms with Gasteiger partial charge in [-0.05, 0) is 31.4 Å². The van der Waals surface area contributed by atoms with Crippen molar-refractivity contribution in [1.82, 2.24) is 16.0 Å². The van der Waals surface area contributed by atoms with Crippen molar-refractivity contribution >= 4 is 42.2 Å². The Morgan fingerprint density at radius 2 is 1.46 bits per heavy atom. The van der Waals surface area contributed by atoms with Gasteiger partial charge in [0.25, 0.3) is 0 Å². The molecule has 0 fully saturated rings. The number of unbranched alkanes of at least 4 members (excludes halogenated alkanes) is 1. The first-order chi connectivity index (χ1) is 16.6. The number of nitrogens with one attached hydrogen (secondary N) is 3. The van der Waals surface area contributed by atoms with Crippen LogP contribution in [0.3, 0.4) is 0 Å². The maximum atomic E-state index is 13.0. The number of hydrogen-bond acceptors (Lipinski definition) is 8. The molecule has 12 nitrogen and oxygen atoms in total. The molecule has 0 saturated carbocycles. The van der Waals surface area contributed by atoms with E-state index >= 15 is 0 Å². The fourth-order valence-electron chi connectivity index (χ4n) is 3.14. The number of carbonyl (C=O) groups excluding carboxylic acids is 4. The number of carboxylic acid groups (broad SMARTS) is 1. The van der Waals surface area contributed by atoms with Gasteiger partial charge in [-0.1, -0.05) is 30.3 Å². The normalized spacial score (nSPS) is 14.1. The summed E-state index contributed by atoms with van der Waals surface area (Å²) < 4.78 is 0. The molecule has 13 heteroatoms. The van der Waals surface area contributed by atoms with Gasteiger partial charge in [-0.15, -0.1) is 0 Å². The van der Waals surface area contributed by atoms with Crippen molar-refractivity contribution in [2.24, 2.45) is 17.2 Å². The molecule has 0 saturated heterocycles. The summed E-state index contributed by atoms with van der Waals surface area (Å²) in [7, 11) is 0. The van der Waals surface area contributed by atoms with Crippen molar-refractivity contribution in [2.75, 3.05) is 12.3 Å². The van der Waals surface area contributed by atoms with Crippen LogP contribution in [0.1, 0.15) is 31.2 Å². The van der Waals surface area contributed by atoms with Gasteiger partial charge in [0.05, 0.1) is 12.5 Å². The fourth-order valence-corrected chi connectivity index (χ4v) is 3.39. The monoisotopic (exact) mass is 510 g/mol.